The Kier molecular flexibility index (Phi) is 4.26. The Morgan fingerprint density at radius 1 is 1.64 bits per heavy atom. The molecule has 0 aliphatic rings. The molecule has 4 nitrogen and oxygen atoms in total. The summed E-state index contributed by atoms with van der Waals surface area (Å²) in [4.78, 5) is 22.2. The number of hydrogen-bond donors (Lipinski definition) is 1. The highest BCUT2D eigenvalue weighted by atomic mass is 16.2. The van der Waals surface area contributed by atoms with Crippen LogP contribution in [0.5, 0.6) is 0 Å². The van der Waals surface area contributed by atoms with E-state index in [-0.39, 0.29) is 6.04 Å². The van der Waals surface area contributed by atoms with E-state index in [2.05, 4.69) is 5.32 Å². The summed E-state index contributed by atoms with van der Waals surface area (Å²) in [7, 11) is 0. The van der Waals surface area contributed by atoms with E-state index in [1.807, 2.05) is 0 Å². The lowest BCUT2D eigenvalue weighted by molar-refractivity contribution is 0.211. The summed E-state index contributed by atoms with van der Waals surface area (Å²) >= 11 is 0. The first-order valence-corrected chi connectivity index (χ1v) is 3.58. The highest BCUT2D eigenvalue weighted by Gasteiger charge is 2.15. The molecule has 4 heteroatoms. The lowest BCUT2D eigenvalue weighted by Crippen LogP contribution is -2.42. The topological polar surface area (TPSA) is 49.4 Å². The Morgan fingerprint density at radius 2 is 2.18 bits per heavy atom. The molecule has 0 unspecified atom stereocenters. The quantitative estimate of drug-likeness (QED) is 0.606. The van der Waals surface area contributed by atoms with Gasteiger partial charge >= 0.3 is 12.4 Å². The third-order valence-corrected chi connectivity index (χ3v) is 1.16. The van der Waals surface area contributed by atoms with E-state index < -0.39 is 6.03 Å². The van der Waals surface area contributed by atoms with Crippen molar-refractivity contribution < 1.29 is 9.59 Å². The van der Waals surface area contributed by atoms with Crippen LogP contribution >= 0.6 is 0 Å². The first kappa shape index (κ1) is 9.94. The van der Waals surface area contributed by atoms with Crippen LogP contribution < -0.4 is 5.32 Å². The van der Waals surface area contributed by atoms with Crippen molar-refractivity contribution in [1.82, 2.24) is 10.2 Å². The first-order chi connectivity index (χ1) is 5.13. The van der Waals surface area contributed by atoms with Gasteiger partial charge in [-0.25, -0.2) is 4.79 Å². The maximum atomic E-state index is 11.0. The molecule has 1 radical (unpaired) electrons. The first-order valence-electron chi connectivity index (χ1n) is 3.58. The van der Waals surface area contributed by atoms with E-state index in [4.69, 9.17) is 0 Å². The van der Waals surface area contributed by atoms with Gasteiger partial charge in [-0.2, -0.15) is 0 Å². The Hall–Kier alpha value is -1.06. The van der Waals surface area contributed by atoms with E-state index >= 15 is 0 Å². The monoisotopic (exact) mass is 157 g/mol. The van der Waals surface area contributed by atoms with Crippen LogP contribution in [-0.2, 0) is 4.79 Å². The highest BCUT2D eigenvalue weighted by molar-refractivity contribution is 5.85. The fourth-order valence-electron chi connectivity index (χ4n) is 0.618. The van der Waals surface area contributed by atoms with Crippen LogP contribution in [0.1, 0.15) is 20.8 Å². The smallest absolute Gasteiger partial charge is 0.324 e. The number of amides is 3. The molecule has 0 spiro atoms. The summed E-state index contributed by atoms with van der Waals surface area (Å²) in [6.07, 6.45) is 1.56. The van der Waals surface area contributed by atoms with Crippen molar-refractivity contribution in [2.75, 3.05) is 6.54 Å². The molecule has 11 heavy (non-hydrogen) atoms. The van der Waals surface area contributed by atoms with Crippen molar-refractivity contribution in [3.8, 4) is 0 Å². The fraction of sp³-hybridized carbons (Fsp3) is 0.714. The zero-order valence-electron chi connectivity index (χ0n) is 7.05. The van der Waals surface area contributed by atoms with Crippen molar-refractivity contribution in [3.05, 3.63) is 0 Å². The standard InChI is InChI=1S/C7H13N2O2/c1-4-8-7(11)9(5-10)6(2)3/h6H,4H2,1-3H3,(H,8,11). The Labute approximate surface area is 66.6 Å². The van der Waals surface area contributed by atoms with Gasteiger partial charge in [0.2, 0.25) is 0 Å². The van der Waals surface area contributed by atoms with Crippen LogP contribution in [-0.4, -0.2) is 29.9 Å². The zero-order valence-corrected chi connectivity index (χ0v) is 7.05. The number of hydrogen-bond acceptors (Lipinski definition) is 2. The molecule has 1 N–H and O–H groups in total. The van der Waals surface area contributed by atoms with E-state index in [9.17, 15) is 9.59 Å². The second-order valence-electron chi connectivity index (χ2n) is 2.39. The third-order valence-electron chi connectivity index (χ3n) is 1.16. The number of nitrogens with one attached hydrogen (secondary N) is 1. The molecule has 0 aromatic rings. The number of rotatable bonds is 3. The summed E-state index contributed by atoms with van der Waals surface area (Å²) in [6.45, 7) is 5.81. The summed E-state index contributed by atoms with van der Waals surface area (Å²) in [5.74, 6) is 0. The molecule has 0 heterocycles. The van der Waals surface area contributed by atoms with Gasteiger partial charge in [0.1, 0.15) is 0 Å². The van der Waals surface area contributed by atoms with Crippen LogP contribution in [0, 0.1) is 0 Å². The van der Waals surface area contributed by atoms with E-state index in [0.29, 0.717) is 6.54 Å². The maximum absolute atomic E-state index is 11.0. The van der Waals surface area contributed by atoms with Crippen LogP contribution in [0.3, 0.4) is 0 Å². The molecule has 0 aromatic heterocycles. The third kappa shape index (κ3) is 3.02. The van der Waals surface area contributed by atoms with Gasteiger partial charge in [0, 0.05) is 12.6 Å². The Morgan fingerprint density at radius 3 is 2.45 bits per heavy atom. The van der Waals surface area contributed by atoms with Gasteiger partial charge < -0.3 is 5.32 Å². The van der Waals surface area contributed by atoms with Gasteiger partial charge in [0.15, 0.2) is 0 Å². The average molecular weight is 157 g/mol. The van der Waals surface area contributed by atoms with Crippen molar-refractivity contribution >= 4 is 12.4 Å². The average Bonchev–Trinajstić information content (AvgIpc) is 1.88. The highest BCUT2D eigenvalue weighted by Crippen LogP contribution is 1.93. The molecule has 0 saturated carbocycles. The second-order valence-corrected chi connectivity index (χ2v) is 2.39. The Balaban J connectivity index is 4.03. The van der Waals surface area contributed by atoms with Crippen molar-refractivity contribution in [3.63, 3.8) is 0 Å². The number of carbonyl (C=O) groups excluding carboxylic acids is 2. The van der Waals surface area contributed by atoms with Gasteiger partial charge in [-0.1, -0.05) is 0 Å². The molecule has 0 aromatic carbocycles. The van der Waals surface area contributed by atoms with Gasteiger partial charge in [0.05, 0.1) is 0 Å². The summed E-state index contributed by atoms with van der Waals surface area (Å²) in [6, 6.07) is -0.531. The molecule has 63 valence electrons. The Bertz CT molecular complexity index is 145. The molecular weight excluding hydrogens is 144 g/mol. The van der Waals surface area contributed by atoms with Crippen LogP contribution in [0.15, 0.2) is 0 Å². The number of imide groups is 1. The van der Waals surface area contributed by atoms with Gasteiger partial charge in [-0.15, -0.1) is 0 Å². The molecule has 0 aliphatic carbocycles. The van der Waals surface area contributed by atoms with Crippen molar-refractivity contribution in [2.45, 2.75) is 26.8 Å². The minimum Gasteiger partial charge on any atom is -0.338 e. The SMILES string of the molecule is CCNC(=O)N([C]=O)C(C)C. The molecule has 0 bridgehead atoms. The van der Waals surface area contributed by atoms with Gasteiger partial charge in [0.25, 0.3) is 0 Å². The lowest BCUT2D eigenvalue weighted by atomic mass is 10.4. The molecule has 0 aliphatic heterocycles. The minimum absolute atomic E-state index is 0.140. The zero-order chi connectivity index (χ0) is 8.85. The van der Waals surface area contributed by atoms with Crippen molar-refractivity contribution in [1.29, 1.82) is 0 Å². The molecule has 0 atom stereocenters. The molecule has 0 saturated heterocycles. The number of nitrogens with zero attached hydrogens (tertiary/aromatic N) is 1. The predicted octanol–water partition coefficient (Wildman–Crippen LogP) is 0.494. The summed E-state index contributed by atoms with van der Waals surface area (Å²) in [5, 5.41) is 2.50. The second kappa shape index (κ2) is 4.71. The van der Waals surface area contributed by atoms with Gasteiger partial charge in [-0.3, -0.25) is 9.69 Å². The molecule has 3 amide bonds. The minimum atomic E-state index is -0.391. The van der Waals surface area contributed by atoms with E-state index in [0.717, 1.165) is 4.90 Å². The van der Waals surface area contributed by atoms with Crippen LogP contribution in [0.25, 0.3) is 0 Å². The molecular formula is C7H13N2O2. The summed E-state index contributed by atoms with van der Waals surface area (Å²) in [5.41, 5.74) is 0. The maximum Gasteiger partial charge on any atom is 0.324 e. The fourth-order valence-corrected chi connectivity index (χ4v) is 0.618. The predicted molar refractivity (Wildman–Crippen MR) is 41.7 cm³/mol. The van der Waals surface area contributed by atoms with Crippen molar-refractivity contribution in [2.24, 2.45) is 0 Å². The number of carbonyl (C=O) groups is 1. The molecule has 0 rings (SSSR count). The normalized spacial score (nSPS) is 9.45. The van der Waals surface area contributed by atoms with E-state index in [1.54, 1.807) is 27.2 Å². The summed E-state index contributed by atoms with van der Waals surface area (Å²) < 4.78 is 0. The molecule has 0 fully saturated rings. The lowest BCUT2D eigenvalue weighted by Gasteiger charge is -2.18. The number of urea groups is 1. The largest absolute Gasteiger partial charge is 0.338 e. The van der Waals surface area contributed by atoms with Crippen LogP contribution in [0.2, 0.25) is 0 Å². The van der Waals surface area contributed by atoms with Gasteiger partial charge in [-0.05, 0) is 20.8 Å². The van der Waals surface area contributed by atoms with Crippen LogP contribution in [0.4, 0.5) is 4.79 Å². The van der Waals surface area contributed by atoms with E-state index in [1.165, 1.54) is 0 Å².